The molecule has 7 nitrogen and oxygen atoms in total. The summed E-state index contributed by atoms with van der Waals surface area (Å²) in [5.41, 5.74) is 4.49. The van der Waals surface area contributed by atoms with Gasteiger partial charge in [-0.25, -0.2) is 9.55 Å². The lowest BCUT2D eigenvalue weighted by Crippen LogP contribution is -2.22. The SMILES string of the molecule is Cc1ccc(-n2c(=O)c3ccccc3n3c(SCc4nc(C)c(C)o4)nnc23)c(C)c1. The van der Waals surface area contributed by atoms with Crippen molar-refractivity contribution in [3.63, 3.8) is 0 Å². The number of aromatic nitrogens is 5. The molecule has 0 aliphatic carbocycles. The lowest BCUT2D eigenvalue weighted by atomic mass is 10.1. The van der Waals surface area contributed by atoms with Gasteiger partial charge < -0.3 is 4.42 Å². The third-order valence-electron chi connectivity index (χ3n) is 5.39. The van der Waals surface area contributed by atoms with E-state index in [4.69, 9.17) is 4.42 Å². The van der Waals surface area contributed by atoms with Crippen molar-refractivity contribution in [2.24, 2.45) is 0 Å². The molecule has 8 heteroatoms. The highest BCUT2D eigenvalue weighted by Crippen LogP contribution is 2.27. The number of benzene rings is 2. The van der Waals surface area contributed by atoms with Crippen molar-refractivity contribution < 1.29 is 4.42 Å². The number of nitrogens with zero attached hydrogens (tertiary/aromatic N) is 5. The number of hydrogen-bond donors (Lipinski definition) is 0. The average molecular weight is 432 g/mol. The van der Waals surface area contributed by atoms with E-state index in [1.807, 2.05) is 68.5 Å². The monoisotopic (exact) mass is 431 g/mol. The first-order valence-corrected chi connectivity index (χ1v) is 10.9. The van der Waals surface area contributed by atoms with Crippen molar-refractivity contribution in [1.82, 2.24) is 24.1 Å². The predicted molar refractivity (Wildman–Crippen MR) is 121 cm³/mol. The Morgan fingerprint density at radius 1 is 1.03 bits per heavy atom. The van der Waals surface area contributed by atoms with E-state index >= 15 is 0 Å². The molecule has 3 heterocycles. The molecule has 0 N–H and O–H groups in total. The van der Waals surface area contributed by atoms with Crippen LogP contribution in [0.4, 0.5) is 0 Å². The summed E-state index contributed by atoms with van der Waals surface area (Å²) in [5.74, 6) is 2.46. The summed E-state index contributed by atoms with van der Waals surface area (Å²) in [4.78, 5) is 17.9. The summed E-state index contributed by atoms with van der Waals surface area (Å²) >= 11 is 1.48. The van der Waals surface area contributed by atoms with Crippen molar-refractivity contribution in [3.05, 3.63) is 81.3 Å². The smallest absolute Gasteiger partial charge is 0.267 e. The highest BCUT2D eigenvalue weighted by Gasteiger charge is 2.19. The van der Waals surface area contributed by atoms with Gasteiger partial charge in [0.25, 0.3) is 5.56 Å². The van der Waals surface area contributed by atoms with Gasteiger partial charge in [-0.05, 0) is 51.5 Å². The number of aryl methyl sites for hydroxylation is 4. The molecule has 2 aromatic carbocycles. The molecular weight excluding hydrogens is 410 g/mol. The quantitative estimate of drug-likeness (QED) is 0.389. The molecule has 0 saturated carbocycles. The van der Waals surface area contributed by atoms with E-state index in [9.17, 15) is 4.79 Å². The number of hydrogen-bond acceptors (Lipinski definition) is 6. The Bertz CT molecular complexity index is 1490. The van der Waals surface area contributed by atoms with E-state index in [0.717, 1.165) is 33.8 Å². The molecule has 5 rings (SSSR count). The van der Waals surface area contributed by atoms with Crippen LogP contribution in [0.1, 0.15) is 28.5 Å². The van der Waals surface area contributed by atoms with Gasteiger partial charge in [-0.1, -0.05) is 41.6 Å². The minimum absolute atomic E-state index is 0.113. The lowest BCUT2D eigenvalue weighted by Gasteiger charge is -2.13. The Kier molecular flexibility index (Phi) is 4.66. The van der Waals surface area contributed by atoms with Crippen LogP contribution in [0.15, 0.2) is 56.8 Å². The Balaban J connectivity index is 1.73. The number of fused-ring (bicyclic) bond motifs is 3. The summed E-state index contributed by atoms with van der Waals surface area (Å²) < 4.78 is 9.29. The zero-order valence-electron chi connectivity index (χ0n) is 17.7. The van der Waals surface area contributed by atoms with E-state index in [1.54, 1.807) is 4.57 Å². The minimum atomic E-state index is -0.113. The standard InChI is InChI=1S/C23H21N5O2S/c1-13-9-10-18(14(2)11-13)27-21(29)17-7-5-6-8-19(17)28-22(27)25-26-23(28)31-12-20-24-15(3)16(4)30-20/h5-11H,12H2,1-4H3. The first-order chi connectivity index (χ1) is 14.9. The van der Waals surface area contributed by atoms with Crippen molar-refractivity contribution in [1.29, 1.82) is 0 Å². The summed E-state index contributed by atoms with van der Waals surface area (Å²) in [6, 6.07) is 13.6. The molecule has 5 aromatic rings. The van der Waals surface area contributed by atoms with Crippen molar-refractivity contribution >= 4 is 28.4 Å². The van der Waals surface area contributed by atoms with E-state index < -0.39 is 0 Å². The Morgan fingerprint density at radius 2 is 1.84 bits per heavy atom. The van der Waals surface area contributed by atoms with Crippen LogP contribution < -0.4 is 5.56 Å². The van der Waals surface area contributed by atoms with E-state index in [-0.39, 0.29) is 5.56 Å². The van der Waals surface area contributed by atoms with Crippen LogP contribution in [-0.4, -0.2) is 24.1 Å². The zero-order chi connectivity index (χ0) is 21.7. The molecule has 0 fully saturated rings. The van der Waals surface area contributed by atoms with Crippen LogP contribution in [0.2, 0.25) is 0 Å². The largest absolute Gasteiger partial charge is 0.445 e. The van der Waals surface area contributed by atoms with Crippen LogP contribution in [0.5, 0.6) is 0 Å². The van der Waals surface area contributed by atoms with Crippen molar-refractivity contribution in [3.8, 4) is 5.69 Å². The predicted octanol–water partition coefficient (Wildman–Crippen LogP) is 4.55. The van der Waals surface area contributed by atoms with Gasteiger partial charge in [0.2, 0.25) is 11.7 Å². The van der Waals surface area contributed by atoms with Crippen LogP contribution >= 0.6 is 11.8 Å². The topological polar surface area (TPSA) is 78.2 Å². The van der Waals surface area contributed by atoms with Gasteiger partial charge in [0.05, 0.1) is 28.0 Å². The van der Waals surface area contributed by atoms with Gasteiger partial charge >= 0.3 is 0 Å². The van der Waals surface area contributed by atoms with Crippen molar-refractivity contribution in [2.75, 3.05) is 0 Å². The molecule has 0 amide bonds. The molecule has 0 radical (unpaired) electrons. The molecule has 0 aliphatic heterocycles. The minimum Gasteiger partial charge on any atom is -0.445 e. The number of para-hydroxylation sites is 1. The molecule has 156 valence electrons. The molecular formula is C23H21N5O2S. The highest BCUT2D eigenvalue weighted by molar-refractivity contribution is 7.98. The van der Waals surface area contributed by atoms with Crippen LogP contribution in [0.3, 0.4) is 0 Å². The molecule has 0 spiro atoms. The third-order valence-corrected chi connectivity index (χ3v) is 6.30. The number of rotatable bonds is 4. The van der Waals surface area contributed by atoms with E-state index in [1.165, 1.54) is 11.8 Å². The fourth-order valence-corrected chi connectivity index (χ4v) is 4.56. The first kappa shape index (κ1) is 19.6. The maximum Gasteiger partial charge on any atom is 0.267 e. The summed E-state index contributed by atoms with van der Waals surface area (Å²) in [7, 11) is 0. The zero-order valence-corrected chi connectivity index (χ0v) is 18.5. The van der Waals surface area contributed by atoms with Gasteiger partial charge in [-0.15, -0.1) is 10.2 Å². The Morgan fingerprint density at radius 3 is 2.58 bits per heavy atom. The van der Waals surface area contributed by atoms with E-state index in [2.05, 4.69) is 21.2 Å². The highest BCUT2D eigenvalue weighted by atomic mass is 32.2. The third kappa shape index (κ3) is 3.23. The molecule has 0 bridgehead atoms. The molecule has 0 aliphatic rings. The summed E-state index contributed by atoms with van der Waals surface area (Å²) in [5, 5.41) is 10.1. The maximum absolute atomic E-state index is 13.5. The van der Waals surface area contributed by atoms with Gasteiger partial charge in [0, 0.05) is 0 Å². The Hall–Kier alpha value is -3.39. The molecule has 0 saturated heterocycles. The second-order valence-electron chi connectivity index (χ2n) is 7.60. The Labute approximate surface area is 182 Å². The van der Waals surface area contributed by atoms with Gasteiger partial charge in [0.1, 0.15) is 5.76 Å². The van der Waals surface area contributed by atoms with E-state index in [0.29, 0.717) is 28.0 Å². The summed E-state index contributed by atoms with van der Waals surface area (Å²) in [6.07, 6.45) is 0. The number of oxazole rings is 1. The average Bonchev–Trinajstić information content (AvgIpc) is 3.31. The summed E-state index contributed by atoms with van der Waals surface area (Å²) in [6.45, 7) is 7.86. The fourth-order valence-electron chi connectivity index (χ4n) is 3.77. The second kappa shape index (κ2) is 7.39. The molecule has 3 aromatic heterocycles. The maximum atomic E-state index is 13.5. The number of thioether (sulfide) groups is 1. The fraction of sp³-hybridized carbons (Fsp3) is 0.217. The van der Waals surface area contributed by atoms with Crippen molar-refractivity contribution in [2.45, 2.75) is 38.6 Å². The molecule has 0 unspecified atom stereocenters. The normalized spacial score (nSPS) is 11.6. The molecule has 31 heavy (non-hydrogen) atoms. The van der Waals surface area contributed by atoms with Crippen LogP contribution in [0, 0.1) is 27.7 Å². The molecule has 0 atom stereocenters. The second-order valence-corrected chi connectivity index (χ2v) is 8.55. The first-order valence-electron chi connectivity index (χ1n) is 9.96. The lowest BCUT2D eigenvalue weighted by molar-refractivity contribution is 0.489. The van der Waals surface area contributed by atoms with Gasteiger partial charge in [0.15, 0.2) is 5.16 Å². The van der Waals surface area contributed by atoms with Crippen LogP contribution in [-0.2, 0) is 5.75 Å². The van der Waals surface area contributed by atoms with Gasteiger partial charge in [-0.3, -0.25) is 9.20 Å². The van der Waals surface area contributed by atoms with Gasteiger partial charge in [-0.2, -0.15) is 0 Å². The van der Waals surface area contributed by atoms with Crippen LogP contribution in [0.25, 0.3) is 22.4 Å².